The molecule has 0 aromatic carbocycles. The van der Waals surface area contributed by atoms with Gasteiger partial charge in [-0.2, -0.15) is 0 Å². The van der Waals surface area contributed by atoms with E-state index in [0.29, 0.717) is 6.54 Å². The maximum absolute atomic E-state index is 5.74. The van der Waals surface area contributed by atoms with Crippen LogP contribution in [0.4, 0.5) is 5.69 Å². The van der Waals surface area contributed by atoms with Crippen LogP contribution >= 0.6 is 0 Å². The molecule has 2 N–H and O–H groups in total. The van der Waals surface area contributed by atoms with Crippen LogP contribution in [0.1, 0.15) is 12.5 Å². The number of morpholine rings is 1. The van der Waals surface area contributed by atoms with Crippen LogP contribution in [0.25, 0.3) is 0 Å². The molecule has 2 unspecified atom stereocenters. The first kappa shape index (κ1) is 11.4. The van der Waals surface area contributed by atoms with E-state index in [4.69, 9.17) is 10.5 Å². The lowest BCUT2D eigenvalue weighted by atomic mass is 10.1. The molecular formula is C12H19N3O. The molecule has 1 aromatic rings. The summed E-state index contributed by atoms with van der Waals surface area (Å²) in [4.78, 5) is 6.45. The monoisotopic (exact) mass is 221 g/mol. The number of rotatable bonds is 2. The largest absolute Gasteiger partial charge is 0.370 e. The van der Waals surface area contributed by atoms with Gasteiger partial charge in [-0.1, -0.05) is 0 Å². The number of nitrogens with two attached hydrogens (primary N) is 1. The smallest absolute Gasteiger partial charge is 0.0876 e. The van der Waals surface area contributed by atoms with Gasteiger partial charge in [0.1, 0.15) is 0 Å². The Kier molecular flexibility index (Phi) is 3.41. The Hall–Kier alpha value is -1.13. The minimum atomic E-state index is 0.135. The van der Waals surface area contributed by atoms with Crippen molar-refractivity contribution in [2.24, 2.45) is 5.73 Å². The second-order valence-corrected chi connectivity index (χ2v) is 4.37. The number of pyridine rings is 1. The van der Waals surface area contributed by atoms with Gasteiger partial charge in [-0.15, -0.1) is 0 Å². The van der Waals surface area contributed by atoms with Crippen molar-refractivity contribution >= 4 is 5.69 Å². The molecule has 2 atom stereocenters. The molecular weight excluding hydrogens is 202 g/mol. The molecule has 0 amide bonds. The van der Waals surface area contributed by atoms with E-state index in [0.717, 1.165) is 13.1 Å². The summed E-state index contributed by atoms with van der Waals surface area (Å²) in [6.07, 6.45) is 4.10. The first-order valence-corrected chi connectivity index (χ1v) is 5.71. The molecule has 0 spiro atoms. The van der Waals surface area contributed by atoms with E-state index in [1.54, 1.807) is 0 Å². The molecule has 2 heterocycles. The Labute approximate surface area is 96.4 Å². The molecule has 1 saturated heterocycles. The quantitative estimate of drug-likeness (QED) is 0.807. The molecule has 1 aromatic heterocycles. The van der Waals surface area contributed by atoms with Gasteiger partial charge < -0.3 is 15.4 Å². The highest BCUT2D eigenvalue weighted by atomic mass is 16.5. The van der Waals surface area contributed by atoms with E-state index >= 15 is 0 Å². The van der Waals surface area contributed by atoms with Gasteiger partial charge in [0, 0.05) is 37.7 Å². The fourth-order valence-electron chi connectivity index (χ4n) is 2.19. The molecule has 2 rings (SSSR count). The third-order valence-corrected chi connectivity index (χ3v) is 2.92. The molecule has 1 aliphatic rings. The zero-order valence-corrected chi connectivity index (χ0v) is 9.89. The third-order valence-electron chi connectivity index (χ3n) is 2.92. The van der Waals surface area contributed by atoms with E-state index < -0.39 is 0 Å². The molecule has 1 aliphatic heterocycles. The SMILES string of the molecule is Cc1cnccc1N1CC(C)OC(CN)C1. The summed E-state index contributed by atoms with van der Waals surface area (Å²) in [5, 5.41) is 0. The van der Waals surface area contributed by atoms with Crippen LogP contribution in [0, 0.1) is 6.92 Å². The second-order valence-electron chi connectivity index (χ2n) is 4.37. The van der Waals surface area contributed by atoms with Crippen molar-refractivity contribution in [1.29, 1.82) is 0 Å². The highest BCUT2D eigenvalue weighted by Gasteiger charge is 2.24. The predicted octanol–water partition coefficient (Wildman–Crippen LogP) is 0.942. The number of nitrogens with zero attached hydrogens (tertiary/aromatic N) is 2. The van der Waals surface area contributed by atoms with E-state index in [1.165, 1.54) is 11.3 Å². The topological polar surface area (TPSA) is 51.4 Å². The van der Waals surface area contributed by atoms with E-state index in [-0.39, 0.29) is 12.2 Å². The number of aryl methyl sites for hydroxylation is 1. The lowest BCUT2D eigenvalue weighted by Gasteiger charge is -2.38. The number of aromatic nitrogens is 1. The number of anilines is 1. The fraction of sp³-hybridized carbons (Fsp3) is 0.583. The molecule has 0 saturated carbocycles. The van der Waals surface area contributed by atoms with Crippen molar-refractivity contribution in [2.45, 2.75) is 26.1 Å². The number of hydrogen-bond acceptors (Lipinski definition) is 4. The molecule has 0 radical (unpaired) electrons. The lowest BCUT2D eigenvalue weighted by Crippen LogP contribution is -2.49. The first-order valence-electron chi connectivity index (χ1n) is 5.71. The van der Waals surface area contributed by atoms with Gasteiger partial charge in [-0.25, -0.2) is 0 Å². The van der Waals surface area contributed by atoms with Crippen LogP contribution < -0.4 is 10.6 Å². The summed E-state index contributed by atoms with van der Waals surface area (Å²) in [5.41, 5.74) is 8.12. The van der Waals surface area contributed by atoms with Crippen molar-refractivity contribution in [3.63, 3.8) is 0 Å². The zero-order chi connectivity index (χ0) is 11.5. The van der Waals surface area contributed by atoms with Gasteiger partial charge >= 0.3 is 0 Å². The van der Waals surface area contributed by atoms with Crippen molar-refractivity contribution in [1.82, 2.24) is 4.98 Å². The Morgan fingerprint density at radius 1 is 1.56 bits per heavy atom. The highest BCUT2D eigenvalue weighted by Crippen LogP contribution is 2.22. The minimum absolute atomic E-state index is 0.135. The average Bonchev–Trinajstić information content (AvgIpc) is 2.28. The Balaban J connectivity index is 2.17. The van der Waals surface area contributed by atoms with Gasteiger partial charge in [0.25, 0.3) is 0 Å². The van der Waals surface area contributed by atoms with Crippen molar-refractivity contribution < 1.29 is 4.74 Å². The Morgan fingerprint density at radius 2 is 2.38 bits per heavy atom. The minimum Gasteiger partial charge on any atom is -0.370 e. The summed E-state index contributed by atoms with van der Waals surface area (Å²) in [6, 6.07) is 2.06. The van der Waals surface area contributed by atoms with Crippen molar-refractivity contribution in [3.8, 4) is 0 Å². The number of hydrogen-bond donors (Lipinski definition) is 1. The Bertz CT molecular complexity index is 356. The molecule has 4 heteroatoms. The van der Waals surface area contributed by atoms with Gasteiger partial charge in [-0.3, -0.25) is 4.98 Å². The molecule has 0 aliphatic carbocycles. The highest BCUT2D eigenvalue weighted by molar-refractivity contribution is 5.52. The molecule has 88 valence electrons. The zero-order valence-electron chi connectivity index (χ0n) is 9.89. The lowest BCUT2D eigenvalue weighted by molar-refractivity contribution is -0.0105. The molecule has 0 bridgehead atoms. The van der Waals surface area contributed by atoms with Crippen LogP contribution in [0.3, 0.4) is 0 Å². The van der Waals surface area contributed by atoms with Crippen LogP contribution in [0.15, 0.2) is 18.5 Å². The second kappa shape index (κ2) is 4.80. The van der Waals surface area contributed by atoms with Crippen LogP contribution in [-0.2, 0) is 4.74 Å². The maximum atomic E-state index is 5.74. The summed E-state index contributed by atoms with van der Waals surface area (Å²) in [5.74, 6) is 0. The van der Waals surface area contributed by atoms with Crippen molar-refractivity contribution in [3.05, 3.63) is 24.0 Å². The van der Waals surface area contributed by atoms with Crippen LogP contribution in [0.2, 0.25) is 0 Å². The van der Waals surface area contributed by atoms with E-state index in [9.17, 15) is 0 Å². The van der Waals surface area contributed by atoms with Crippen LogP contribution in [-0.4, -0.2) is 36.8 Å². The summed E-state index contributed by atoms with van der Waals surface area (Å²) in [7, 11) is 0. The fourth-order valence-corrected chi connectivity index (χ4v) is 2.19. The molecule has 16 heavy (non-hydrogen) atoms. The summed E-state index contributed by atoms with van der Waals surface area (Å²) >= 11 is 0. The molecule has 1 fully saturated rings. The van der Waals surface area contributed by atoms with E-state index in [2.05, 4.69) is 29.8 Å². The standard InChI is InChI=1S/C12H19N3O/c1-9-6-14-4-3-12(9)15-7-10(2)16-11(5-13)8-15/h3-4,6,10-11H,5,7-8,13H2,1-2H3. The first-order chi connectivity index (χ1) is 7.70. The summed E-state index contributed by atoms with van der Waals surface area (Å²) in [6.45, 7) is 6.53. The van der Waals surface area contributed by atoms with Gasteiger partial charge in [0.15, 0.2) is 0 Å². The van der Waals surface area contributed by atoms with Gasteiger partial charge in [0.05, 0.1) is 12.2 Å². The van der Waals surface area contributed by atoms with Gasteiger partial charge in [0.2, 0.25) is 0 Å². The Morgan fingerprint density at radius 3 is 3.06 bits per heavy atom. The van der Waals surface area contributed by atoms with Gasteiger partial charge in [-0.05, 0) is 25.5 Å². The van der Waals surface area contributed by atoms with Crippen LogP contribution in [0.5, 0.6) is 0 Å². The van der Waals surface area contributed by atoms with E-state index in [1.807, 2.05) is 12.4 Å². The van der Waals surface area contributed by atoms with Crippen molar-refractivity contribution in [2.75, 3.05) is 24.5 Å². The molecule has 4 nitrogen and oxygen atoms in total. The summed E-state index contributed by atoms with van der Waals surface area (Å²) < 4.78 is 5.74. The average molecular weight is 221 g/mol. The normalized spacial score (nSPS) is 25.8. The predicted molar refractivity (Wildman–Crippen MR) is 64.6 cm³/mol. The number of ether oxygens (including phenoxy) is 1. The maximum Gasteiger partial charge on any atom is 0.0876 e. The third kappa shape index (κ3) is 2.33.